The van der Waals surface area contributed by atoms with Crippen LogP contribution in [0.3, 0.4) is 0 Å². The molecule has 0 aromatic carbocycles. The molecule has 3 heteroatoms. The molecule has 1 atom stereocenters. The first-order valence-corrected chi connectivity index (χ1v) is 7.48. The van der Waals surface area contributed by atoms with Crippen LogP contribution in [0.4, 0.5) is 0 Å². The highest BCUT2D eigenvalue weighted by atomic mass is 15.1. The van der Waals surface area contributed by atoms with Gasteiger partial charge in [-0.15, -0.1) is 0 Å². The van der Waals surface area contributed by atoms with Crippen LogP contribution in [-0.2, 0) is 0 Å². The van der Waals surface area contributed by atoms with Crippen molar-refractivity contribution in [2.45, 2.75) is 63.8 Å². The van der Waals surface area contributed by atoms with Crippen molar-refractivity contribution >= 4 is 0 Å². The minimum atomic E-state index is -0.605. The molecule has 1 aliphatic carbocycles. The third-order valence-corrected chi connectivity index (χ3v) is 4.31. The molecular formula is C15H29N3. The average Bonchev–Trinajstić information content (AvgIpc) is 2.39. The Bertz CT molecular complexity index is 265. The maximum absolute atomic E-state index is 9.02. The summed E-state index contributed by atoms with van der Waals surface area (Å²) in [6.07, 6.45) is 9.64. The van der Waals surface area contributed by atoms with Gasteiger partial charge in [0.15, 0.2) is 0 Å². The Morgan fingerprint density at radius 2 is 2.00 bits per heavy atom. The second-order valence-electron chi connectivity index (χ2n) is 5.99. The Morgan fingerprint density at radius 1 is 1.33 bits per heavy atom. The maximum Gasteiger partial charge on any atom is 0.104 e. The smallest absolute Gasteiger partial charge is 0.104 e. The highest BCUT2D eigenvalue weighted by Crippen LogP contribution is 2.24. The van der Waals surface area contributed by atoms with Gasteiger partial charge in [0.25, 0.3) is 0 Å². The molecule has 0 aromatic heterocycles. The van der Waals surface area contributed by atoms with Crippen LogP contribution >= 0.6 is 0 Å². The minimum Gasteiger partial charge on any atom is -0.313 e. The van der Waals surface area contributed by atoms with E-state index in [2.05, 4.69) is 18.0 Å². The summed E-state index contributed by atoms with van der Waals surface area (Å²) in [7, 11) is 2.20. The van der Waals surface area contributed by atoms with Crippen LogP contribution in [0.15, 0.2) is 0 Å². The van der Waals surface area contributed by atoms with E-state index in [9.17, 15) is 0 Å². The summed E-state index contributed by atoms with van der Waals surface area (Å²) < 4.78 is 0. The van der Waals surface area contributed by atoms with Crippen molar-refractivity contribution in [2.75, 3.05) is 20.1 Å². The van der Waals surface area contributed by atoms with Gasteiger partial charge < -0.3 is 10.6 Å². The molecule has 1 rings (SSSR count). The van der Waals surface area contributed by atoms with Crippen molar-refractivity contribution in [1.82, 2.24) is 4.90 Å². The first-order valence-electron chi connectivity index (χ1n) is 7.48. The number of nitrogens with zero attached hydrogens (tertiary/aromatic N) is 2. The second kappa shape index (κ2) is 7.76. The van der Waals surface area contributed by atoms with Gasteiger partial charge >= 0.3 is 0 Å². The lowest BCUT2D eigenvalue weighted by Gasteiger charge is -2.27. The van der Waals surface area contributed by atoms with E-state index in [0.717, 1.165) is 31.7 Å². The van der Waals surface area contributed by atoms with Gasteiger partial charge in [0.05, 0.1) is 6.07 Å². The molecule has 0 spiro atoms. The number of nitriles is 1. The average molecular weight is 251 g/mol. The monoisotopic (exact) mass is 251 g/mol. The van der Waals surface area contributed by atoms with Crippen LogP contribution in [0.5, 0.6) is 0 Å². The van der Waals surface area contributed by atoms with Crippen LogP contribution < -0.4 is 5.73 Å². The molecule has 0 aliphatic heterocycles. The largest absolute Gasteiger partial charge is 0.313 e. The fourth-order valence-corrected chi connectivity index (χ4v) is 2.88. The zero-order valence-corrected chi connectivity index (χ0v) is 12.1. The molecule has 0 amide bonds. The Hall–Kier alpha value is -0.590. The molecule has 2 N–H and O–H groups in total. The summed E-state index contributed by atoms with van der Waals surface area (Å²) in [6.45, 7) is 4.28. The Balaban J connectivity index is 2.16. The number of hydrogen-bond acceptors (Lipinski definition) is 3. The standard InChI is InChI=1S/C15H29N3/c1-3-15(17,13-16)10-7-11-18(2)12-14-8-5-4-6-9-14/h14H,3-12,17H2,1-2H3. The van der Waals surface area contributed by atoms with E-state index < -0.39 is 5.54 Å². The van der Waals surface area contributed by atoms with E-state index in [1.165, 1.54) is 38.6 Å². The SMILES string of the molecule is CCC(N)(C#N)CCCN(C)CC1CCCCC1. The van der Waals surface area contributed by atoms with Crippen molar-refractivity contribution < 1.29 is 0 Å². The first-order chi connectivity index (χ1) is 8.59. The zero-order chi connectivity index (χ0) is 13.4. The highest BCUT2D eigenvalue weighted by molar-refractivity contribution is 5.03. The quantitative estimate of drug-likeness (QED) is 0.757. The third kappa shape index (κ3) is 5.37. The van der Waals surface area contributed by atoms with E-state index in [1.807, 2.05) is 6.92 Å². The maximum atomic E-state index is 9.02. The van der Waals surface area contributed by atoms with Gasteiger partial charge in [-0.3, -0.25) is 0 Å². The summed E-state index contributed by atoms with van der Waals surface area (Å²) >= 11 is 0. The molecule has 1 aliphatic rings. The molecular weight excluding hydrogens is 222 g/mol. The molecule has 18 heavy (non-hydrogen) atoms. The van der Waals surface area contributed by atoms with Gasteiger partial charge in [-0.25, -0.2) is 0 Å². The predicted molar refractivity (Wildman–Crippen MR) is 76.1 cm³/mol. The van der Waals surface area contributed by atoms with Crippen LogP contribution in [0.25, 0.3) is 0 Å². The van der Waals surface area contributed by atoms with E-state index in [1.54, 1.807) is 0 Å². The zero-order valence-electron chi connectivity index (χ0n) is 12.1. The molecule has 104 valence electrons. The van der Waals surface area contributed by atoms with E-state index >= 15 is 0 Å². The summed E-state index contributed by atoms with van der Waals surface area (Å²) in [6, 6.07) is 2.24. The lowest BCUT2D eigenvalue weighted by molar-refractivity contribution is 0.227. The lowest BCUT2D eigenvalue weighted by Crippen LogP contribution is -2.38. The van der Waals surface area contributed by atoms with Crippen molar-refractivity contribution in [2.24, 2.45) is 11.7 Å². The summed E-state index contributed by atoms with van der Waals surface area (Å²) in [5.74, 6) is 0.897. The molecule has 0 saturated heterocycles. The molecule has 0 bridgehead atoms. The van der Waals surface area contributed by atoms with Crippen molar-refractivity contribution in [3.05, 3.63) is 0 Å². The van der Waals surface area contributed by atoms with E-state index in [0.29, 0.717) is 0 Å². The van der Waals surface area contributed by atoms with Crippen molar-refractivity contribution in [1.29, 1.82) is 5.26 Å². The normalized spacial score (nSPS) is 20.6. The fourth-order valence-electron chi connectivity index (χ4n) is 2.88. The number of rotatable bonds is 7. The van der Waals surface area contributed by atoms with Gasteiger partial charge in [0.1, 0.15) is 5.54 Å². The van der Waals surface area contributed by atoms with Crippen LogP contribution in [0.1, 0.15) is 58.3 Å². The van der Waals surface area contributed by atoms with Gasteiger partial charge in [0.2, 0.25) is 0 Å². The Morgan fingerprint density at radius 3 is 2.56 bits per heavy atom. The van der Waals surface area contributed by atoms with Gasteiger partial charge in [-0.05, 0) is 51.6 Å². The molecule has 1 unspecified atom stereocenters. The second-order valence-corrected chi connectivity index (χ2v) is 5.99. The minimum absolute atomic E-state index is 0.605. The summed E-state index contributed by atoms with van der Waals surface area (Å²) in [5, 5.41) is 9.02. The van der Waals surface area contributed by atoms with Crippen molar-refractivity contribution in [3.8, 4) is 6.07 Å². The van der Waals surface area contributed by atoms with E-state index in [4.69, 9.17) is 11.0 Å². The topological polar surface area (TPSA) is 53.1 Å². The lowest BCUT2D eigenvalue weighted by atomic mass is 9.89. The van der Waals surface area contributed by atoms with E-state index in [-0.39, 0.29) is 0 Å². The van der Waals surface area contributed by atoms with Crippen LogP contribution in [0.2, 0.25) is 0 Å². The first kappa shape index (κ1) is 15.5. The molecule has 0 aromatic rings. The fraction of sp³-hybridized carbons (Fsp3) is 0.933. The highest BCUT2D eigenvalue weighted by Gasteiger charge is 2.21. The Kier molecular flexibility index (Phi) is 6.67. The number of nitrogens with two attached hydrogens (primary N) is 1. The van der Waals surface area contributed by atoms with Gasteiger partial charge in [-0.2, -0.15) is 5.26 Å². The third-order valence-electron chi connectivity index (χ3n) is 4.31. The summed E-state index contributed by atoms with van der Waals surface area (Å²) in [4.78, 5) is 2.42. The Labute approximate surface area is 112 Å². The predicted octanol–water partition coefficient (Wildman–Crippen LogP) is 2.91. The molecule has 1 fully saturated rings. The molecule has 3 nitrogen and oxygen atoms in total. The van der Waals surface area contributed by atoms with Crippen LogP contribution in [0, 0.1) is 17.2 Å². The molecule has 0 radical (unpaired) electrons. The van der Waals surface area contributed by atoms with Gasteiger partial charge in [-0.1, -0.05) is 26.2 Å². The summed E-state index contributed by atoms with van der Waals surface area (Å²) in [5.41, 5.74) is 5.38. The molecule has 1 saturated carbocycles. The van der Waals surface area contributed by atoms with Crippen molar-refractivity contribution in [3.63, 3.8) is 0 Å². The van der Waals surface area contributed by atoms with Crippen LogP contribution in [-0.4, -0.2) is 30.6 Å². The number of hydrogen-bond donors (Lipinski definition) is 1. The molecule has 0 heterocycles. The van der Waals surface area contributed by atoms with Gasteiger partial charge in [0, 0.05) is 6.54 Å².